The molecule has 0 aromatic rings. The number of carbonyl (C=O) groups is 2. The summed E-state index contributed by atoms with van der Waals surface area (Å²) in [5, 5.41) is 5.99. The van der Waals surface area contributed by atoms with Crippen LogP contribution in [0.15, 0.2) is 10.2 Å². The van der Waals surface area contributed by atoms with E-state index >= 15 is 0 Å². The van der Waals surface area contributed by atoms with Gasteiger partial charge in [-0.2, -0.15) is 0 Å². The lowest BCUT2D eigenvalue weighted by molar-refractivity contribution is 0.138. The van der Waals surface area contributed by atoms with E-state index in [2.05, 4.69) is 19.7 Å². The number of hydrogen-bond acceptors (Lipinski definition) is 4. The van der Waals surface area contributed by atoms with Gasteiger partial charge in [0, 0.05) is 0 Å². The molecule has 0 aliphatic heterocycles. The topological polar surface area (TPSA) is 77.3 Å². The molecule has 80 valence electrons. The summed E-state index contributed by atoms with van der Waals surface area (Å²) in [7, 11) is 0. The third-order valence-corrected chi connectivity index (χ3v) is 1.02. The molecule has 0 radical (unpaired) electrons. The Labute approximate surface area is 82.3 Å². The van der Waals surface area contributed by atoms with E-state index in [1.165, 1.54) is 0 Å². The Morgan fingerprint density at radius 2 is 1.64 bits per heavy atom. The van der Waals surface area contributed by atoms with E-state index in [9.17, 15) is 9.59 Å². The fourth-order valence-corrected chi connectivity index (χ4v) is 0.501. The number of amides is 2. The van der Waals surface area contributed by atoms with E-state index in [0.29, 0.717) is 0 Å². The highest BCUT2D eigenvalue weighted by Crippen LogP contribution is 1.95. The van der Waals surface area contributed by atoms with Crippen LogP contribution in [-0.4, -0.2) is 25.4 Å². The summed E-state index contributed by atoms with van der Waals surface area (Å²) in [5.41, 5.74) is 0. The second-order valence-corrected chi connectivity index (χ2v) is 2.87. The smallest absolute Gasteiger partial charge is 0.447 e. The zero-order valence-corrected chi connectivity index (χ0v) is 8.52. The van der Waals surface area contributed by atoms with Crippen molar-refractivity contribution in [3.63, 3.8) is 0 Å². The van der Waals surface area contributed by atoms with Gasteiger partial charge in [0.25, 0.3) is 0 Å². The van der Waals surface area contributed by atoms with Crippen molar-refractivity contribution in [2.45, 2.75) is 20.8 Å². The lowest BCUT2D eigenvalue weighted by Gasteiger charge is -2.02. The van der Waals surface area contributed by atoms with Gasteiger partial charge in [-0.15, -0.1) is 0 Å². The molecular formula is C8H14N2O4. The van der Waals surface area contributed by atoms with E-state index in [4.69, 9.17) is 0 Å². The highest BCUT2D eigenvalue weighted by Gasteiger charge is 2.03. The first kappa shape index (κ1) is 12.5. The molecule has 0 aromatic carbocycles. The van der Waals surface area contributed by atoms with E-state index in [-0.39, 0.29) is 19.1 Å². The summed E-state index contributed by atoms with van der Waals surface area (Å²) in [4.78, 5) is 21.4. The Bertz CT molecular complexity index is 225. The van der Waals surface area contributed by atoms with Crippen molar-refractivity contribution in [3.05, 3.63) is 0 Å². The molecule has 0 fully saturated rings. The monoisotopic (exact) mass is 202 g/mol. The average molecular weight is 202 g/mol. The molecule has 0 atom stereocenters. The highest BCUT2D eigenvalue weighted by atomic mass is 16.6. The van der Waals surface area contributed by atoms with Gasteiger partial charge in [0.15, 0.2) is 0 Å². The van der Waals surface area contributed by atoms with Crippen LogP contribution in [0.3, 0.4) is 0 Å². The second-order valence-electron chi connectivity index (χ2n) is 2.87. The molecule has 0 N–H and O–H groups in total. The molecule has 0 aromatic heterocycles. The third-order valence-electron chi connectivity index (χ3n) is 1.02. The molecule has 6 nitrogen and oxygen atoms in total. The van der Waals surface area contributed by atoms with Gasteiger partial charge in [0.1, 0.15) is 0 Å². The molecule has 0 saturated carbocycles. The minimum Gasteiger partial charge on any atom is -0.447 e. The van der Waals surface area contributed by atoms with E-state index < -0.39 is 12.2 Å². The third kappa shape index (κ3) is 7.20. The van der Waals surface area contributed by atoms with Gasteiger partial charge in [0.2, 0.25) is 0 Å². The van der Waals surface area contributed by atoms with Gasteiger partial charge < -0.3 is 9.47 Å². The Morgan fingerprint density at radius 1 is 1.14 bits per heavy atom. The van der Waals surface area contributed by atoms with Crippen molar-refractivity contribution in [2.24, 2.45) is 16.1 Å². The first-order valence-electron chi connectivity index (χ1n) is 4.31. The Hall–Kier alpha value is -1.46. The maximum Gasteiger partial charge on any atom is 0.452 e. The van der Waals surface area contributed by atoms with Crippen LogP contribution in [0.5, 0.6) is 0 Å². The lowest BCUT2D eigenvalue weighted by Crippen LogP contribution is -2.06. The number of hydrogen-bond donors (Lipinski definition) is 0. The fraction of sp³-hybridized carbons (Fsp3) is 0.750. The van der Waals surface area contributed by atoms with Crippen LogP contribution < -0.4 is 0 Å². The average Bonchev–Trinajstić information content (AvgIpc) is 2.12. The van der Waals surface area contributed by atoms with Crippen LogP contribution in [0.2, 0.25) is 0 Å². The predicted octanol–water partition coefficient (Wildman–Crippen LogP) is 2.39. The molecule has 0 unspecified atom stereocenters. The van der Waals surface area contributed by atoms with Gasteiger partial charge in [-0.05, 0) is 12.8 Å². The number of rotatable bonds is 3. The number of ether oxygens (including phenoxy) is 2. The quantitative estimate of drug-likeness (QED) is 0.658. The molecule has 0 heterocycles. The van der Waals surface area contributed by atoms with Crippen LogP contribution in [-0.2, 0) is 9.47 Å². The van der Waals surface area contributed by atoms with Crippen molar-refractivity contribution < 1.29 is 19.1 Å². The molecule has 0 aliphatic carbocycles. The van der Waals surface area contributed by atoms with Gasteiger partial charge in [0.05, 0.1) is 13.2 Å². The maximum absolute atomic E-state index is 10.8. The normalized spacial score (nSPS) is 10.6. The Balaban J connectivity index is 3.76. The molecule has 0 rings (SSSR count). The van der Waals surface area contributed by atoms with Crippen molar-refractivity contribution in [1.29, 1.82) is 0 Å². The summed E-state index contributed by atoms with van der Waals surface area (Å²) in [6.07, 6.45) is -1.78. The number of azo groups is 1. The maximum atomic E-state index is 10.8. The molecular weight excluding hydrogens is 188 g/mol. The largest absolute Gasteiger partial charge is 0.452 e. The van der Waals surface area contributed by atoms with E-state index in [1.807, 2.05) is 13.8 Å². The van der Waals surface area contributed by atoms with Crippen molar-refractivity contribution in [2.75, 3.05) is 13.2 Å². The zero-order chi connectivity index (χ0) is 11.0. The molecule has 6 heteroatoms. The summed E-state index contributed by atoms with van der Waals surface area (Å²) < 4.78 is 9.04. The van der Waals surface area contributed by atoms with Crippen LogP contribution in [0.25, 0.3) is 0 Å². The molecule has 0 aliphatic rings. The van der Waals surface area contributed by atoms with Crippen molar-refractivity contribution in [1.82, 2.24) is 0 Å². The fourth-order valence-electron chi connectivity index (χ4n) is 0.501. The van der Waals surface area contributed by atoms with E-state index in [1.54, 1.807) is 6.92 Å². The zero-order valence-electron chi connectivity index (χ0n) is 8.52. The minimum atomic E-state index is -0.894. The van der Waals surface area contributed by atoms with Crippen LogP contribution in [0.1, 0.15) is 20.8 Å². The molecule has 14 heavy (non-hydrogen) atoms. The van der Waals surface area contributed by atoms with E-state index in [0.717, 1.165) is 0 Å². The molecule has 0 saturated heterocycles. The summed E-state index contributed by atoms with van der Waals surface area (Å²) in [5.74, 6) is 0.219. The number of carbonyl (C=O) groups excluding carboxylic acids is 2. The Morgan fingerprint density at radius 3 is 2.07 bits per heavy atom. The number of nitrogens with zero attached hydrogens (tertiary/aromatic N) is 2. The summed E-state index contributed by atoms with van der Waals surface area (Å²) in [6.45, 7) is 5.84. The van der Waals surface area contributed by atoms with Gasteiger partial charge in [-0.25, -0.2) is 9.59 Å². The second kappa shape index (κ2) is 6.99. The van der Waals surface area contributed by atoms with Crippen molar-refractivity contribution in [3.8, 4) is 0 Å². The van der Waals surface area contributed by atoms with Crippen LogP contribution in [0, 0.1) is 5.92 Å². The van der Waals surface area contributed by atoms with Gasteiger partial charge in [-0.3, -0.25) is 0 Å². The molecule has 2 amide bonds. The standard InChI is InChI=1S/C8H14N2O4/c1-4-13-7(11)9-10-8(12)14-5-6(2)3/h6H,4-5H2,1-3H3/b10-9+. The first-order chi connectivity index (χ1) is 6.56. The first-order valence-corrected chi connectivity index (χ1v) is 4.31. The highest BCUT2D eigenvalue weighted by molar-refractivity contribution is 5.73. The predicted molar refractivity (Wildman–Crippen MR) is 48.1 cm³/mol. The molecule has 0 spiro atoms. The van der Waals surface area contributed by atoms with Gasteiger partial charge >= 0.3 is 12.2 Å². The van der Waals surface area contributed by atoms with Crippen molar-refractivity contribution >= 4 is 12.2 Å². The lowest BCUT2D eigenvalue weighted by atomic mass is 10.2. The minimum absolute atomic E-state index is 0.193. The summed E-state index contributed by atoms with van der Waals surface area (Å²) >= 11 is 0. The van der Waals surface area contributed by atoms with Gasteiger partial charge in [-0.1, -0.05) is 24.1 Å². The van der Waals surface area contributed by atoms with Crippen LogP contribution in [0.4, 0.5) is 9.59 Å². The summed E-state index contributed by atoms with van der Waals surface area (Å²) in [6, 6.07) is 0. The SMILES string of the molecule is CCOC(=O)/N=N/C(=O)OCC(C)C. The van der Waals surface area contributed by atoms with Crippen LogP contribution >= 0.6 is 0 Å². The molecule has 0 bridgehead atoms. The Kier molecular flexibility index (Phi) is 6.26.